The van der Waals surface area contributed by atoms with Gasteiger partial charge in [-0.15, -0.1) is 0 Å². The monoisotopic (exact) mass is 186 g/mol. The van der Waals surface area contributed by atoms with Crippen molar-refractivity contribution in [2.24, 2.45) is 11.1 Å². The Morgan fingerprint density at radius 3 is 1.92 bits per heavy atom. The molecule has 0 saturated carbocycles. The summed E-state index contributed by atoms with van der Waals surface area (Å²) in [7, 11) is 2.16. The molecule has 0 aromatic carbocycles. The molecule has 0 rings (SSSR count). The van der Waals surface area contributed by atoms with Crippen molar-refractivity contribution in [1.29, 1.82) is 0 Å². The van der Waals surface area contributed by atoms with Gasteiger partial charge in [0.1, 0.15) is 0 Å². The van der Waals surface area contributed by atoms with E-state index in [-0.39, 0.29) is 0 Å². The van der Waals surface area contributed by atoms with Gasteiger partial charge in [-0.2, -0.15) is 0 Å². The Hall–Kier alpha value is -0.0800. The smallest absolute Gasteiger partial charge is 0.0223 e. The van der Waals surface area contributed by atoms with Crippen LogP contribution in [0.4, 0.5) is 0 Å². The molecular weight excluding hydrogens is 160 g/mol. The van der Waals surface area contributed by atoms with Crippen molar-refractivity contribution in [3.05, 3.63) is 0 Å². The molecule has 0 radical (unpaired) electrons. The fourth-order valence-electron chi connectivity index (χ4n) is 1.52. The highest BCUT2D eigenvalue weighted by molar-refractivity contribution is 4.78. The van der Waals surface area contributed by atoms with Crippen LogP contribution < -0.4 is 5.73 Å². The molecule has 0 saturated heterocycles. The number of hydrogen-bond acceptors (Lipinski definition) is 2. The predicted molar refractivity (Wildman–Crippen MR) is 59.8 cm³/mol. The fourth-order valence-corrected chi connectivity index (χ4v) is 1.52. The Labute approximate surface area is 83.5 Å². The summed E-state index contributed by atoms with van der Waals surface area (Å²) in [5.74, 6) is 0. The number of nitrogens with zero attached hydrogens (tertiary/aromatic N) is 1. The van der Waals surface area contributed by atoms with Crippen molar-refractivity contribution in [3.8, 4) is 0 Å². The van der Waals surface area contributed by atoms with E-state index < -0.39 is 0 Å². The van der Waals surface area contributed by atoms with E-state index in [4.69, 9.17) is 5.73 Å². The minimum absolute atomic E-state index is 0.368. The lowest BCUT2D eigenvalue weighted by Crippen LogP contribution is -2.43. The van der Waals surface area contributed by atoms with Crippen LogP contribution in [0.5, 0.6) is 0 Å². The summed E-state index contributed by atoms with van der Waals surface area (Å²) < 4.78 is 0. The summed E-state index contributed by atoms with van der Waals surface area (Å²) >= 11 is 0. The molecule has 2 heteroatoms. The van der Waals surface area contributed by atoms with E-state index in [9.17, 15) is 0 Å². The molecule has 0 fully saturated rings. The number of hydrogen-bond donors (Lipinski definition) is 1. The molecule has 0 aliphatic rings. The molecule has 0 aromatic rings. The van der Waals surface area contributed by atoms with Crippen molar-refractivity contribution in [2.75, 3.05) is 13.6 Å². The van der Waals surface area contributed by atoms with E-state index in [1.165, 1.54) is 0 Å². The minimum atomic E-state index is 0.368. The van der Waals surface area contributed by atoms with Crippen LogP contribution in [0.2, 0.25) is 0 Å². The fraction of sp³-hybridized carbons (Fsp3) is 1.00. The number of likely N-dealkylation sites (N-methyl/N-ethyl adjacent to an activating group) is 1. The molecule has 0 spiro atoms. The molecule has 13 heavy (non-hydrogen) atoms. The lowest BCUT2D eigenvalue weighted by atomic mass is 9.87. The van der Waals surface area contributed by atoms with Crippen LogP contribution in [0.1, 0.15) is 41.0 Å². The van der Waals surface area contributed by atoms with Gasteiger partial charge in [-0.05, 0) is 32.7 Å². The zero-order chi connectivity index (χ0) is 10.6. The molecule has 80 valence electrons. The third-order valence-electron chi connectivity index (χ3n) is 2.51. The molecule has 1 unspecified atom stereocenters. The summed E-state index contributed by atoms with van der Waals surface area (Å²) in [5, 5.41) is 0. The summed E-state index contributed by atoms with van der Waals surface area (Å²) in [4.78, 5) is 2.37. The molecule has 0 aliphatic heterocycles. The minimum Gasteiger partial charge on any atom is -0.329 e. The SMILES string of the molecule is CC(C)N(C)C(CN)CC(C)(C)C. The summed E-state index contributed by atoms with van der Waals surface area (Å²) in [6.07, 6.45) is 1.16. The van der Waals surface area contributed by atoms with E-state index >= 15 is 0 Å². The van der Waals surface area contributed by atoms with Gasteiger partial charge in [-0.25, -0.2) is 0 Å². The molecule has 2 nitrogen and oxygen atoms in total. The molecule has 0 aliphatic carbocycles. The third kappa shape index (κ3) is 5.27. The van der Waals surface area contributed by atoms with E-state index in [1.807, 2.05) is 0 Å². The van der Waals surface area contributed by atoms with Gasteiger partial charge in [0.05, 0.1) is 0 Å². The van der Waals surface area contributed by atoms with Gasteiger partial charge in [-0.1, -0.05) is 20.8 Å². The second-order valence-corrected chi connectivity index (χ2v) is 5.41. The topological polar surface area (TPSA) is 29.3 Å². The largest absolute Gasteiger partial charge is 0.329 e. The van der Waals surface area contributed by atoms with Gasteiger partial charge in [0.2, 0.25) is 0 Å². The Morgan fingerprint density at radius 2 is 1.69 bits per heavy atom. The Balaban J connectivity index is 4.18. The average Bonchev–Trinajstić information content (AvgIpc) is 1.97. The van der Waals surface area contributed by atoms with Crippen molar-refractivity contribution in [3.63, 3.8) is 0 Å². The quantitative estimate of drug-likeness (QED) is 0.728. The van der Waals surface area contributed by atoms with Crippen LogP contribution in [-0.2, 0) is 0 Å². The lowest BCUT2D eigenvalue weighted by molar-refractivity contribution is 0.152. The normalized spacial score (nSPS) is 15.5. The van der Waals surface area contributed by atoms with E-state index in [2.05, 4.69) is 46.6 Å². The average molecular weight is 186 g/mol. The van der Waals surface area contributed by atoms with Crippen molar-refractivity contribution in [1.82, 2.24) is 4.90 Å². The Morgan fingerprint density at radius 1 is 1.23 bits per heavy atom. The maximum Gasteiger partial charge on any atom is 0.0223 e. The highest BCUT2D eigenvalue weighted by Gasteiger charge is 2.22. The van der Waals surface area contributed by atoms with Gasteiger partial charge in [0.25, 0.3) is 0 Å². The van der Waals surface area contributed by atoms with Gasteiger partial charge in [0, 0.05) is 18.6 Å². The van der Waals surface area contributed by atoms with Gasteiger partial charge in [0.15, 0.2) is 0 Å². The van der Waals surface area contributed by atoms with Gasteiger partial charge >= 0.3 is 0 Å². The third-order valence-corrected chi connectivity index (χ3v) is 2.51. The molecule has 1 atom stereocenters. The molecule has 0 heterocycles. The van der Waals surface area contributed by atoms with Crippen LogP contribution in [0.15, 0.2) is 0 Å². The molecule has 2 N–H and O–H groups in total. The summed E-state index contributed by atoms with van der Waals surface area (Å²) in [5.41, 5.74) is 6.15. The first-order valence-electron chi connectivity index (χ1n) is 5.20. The predicted octanol–water partition coefficient (Wildman–Crippen LogP) is 2.09. The van der Waals surface area contributed by atoms with Crippen LogP contribution in [0.25, 0.3) is 0 Å². The zero-order valence-corrected chi connectivity index (χ0v) is 10.1. The summed E-state index contributed by atoms with van der Waals surface area (Å²) in [6.45, 7) is 12.0. The summed E-state index contributed by atoms with van der Waals surface area (Å²) in [6, 6.07) is 1.09. The standard InChI is InChI=1S/C11H26N2/c1-9(2)13(6)10(8-12)7-11(3,4)5/h9-10H,7-8,12H2,1-6H3. The highest BCUT2D eigenvalue weighted by Crippen LogP contribution is 2.23. The second kappa shape index (κ2) is 4.97. The molecular formula is C11H26N2. The van der Waals surface area contributed by atoms with Crippen molar-refractivity contribution >= 4 is 0 Å². The second-order valence-electron chi connectivity index (χ2n) is 5.41. The zero-order valence-electron chi connectivity index (χ0n) is 10.1. The number of rotatable bonds is 4. The van der Waals surface area contributed by atoms with Crippen LogP contribution in [0.3, 0.4) is 0 Å². The first-order valence-corrected chi connectivity index (χ1v) is 5.20. The maximum absolute atomic E-state index is 5.78. The van der Waals surface area contributed by atoms with E-state index in [0.29, 0.717) is 17.5 Å². The number of nitrogens with two attached hydrogens (primary N) is 1. The Bertz CT molecular complexity index is 136. The first-order chi connectivity index (χ1) is 5.78. The van der Waals surface area contributed by atoms with E-state index in [1.54, 1.807) is 0 Å². The van der Waals surface area contributed by atoms with Crippen LogP contribution in [0, 0.1) is 5.41 Å². The lowest BCUT2D eigenvalue weighted by Gasteiger charge is -2.34. The van der Waals surface area contributed by atoms with Gasteiger partial charge in [-0.3, -0.25) is 4.90 Å². The van der Waals surface area contributed by atoms with Crippen LogP contribution >= 0.6 is 0 Å². The Kier molecular flexibility index (Phi) is 4.93. The van der Waals surface area contributed by atoms with Crippen LogP contribution in [-0.4, -0.2) is 30.6 Å². The highest BCUT2D eigenvalue weighted by atomic mass is 15.2. The van der Waals surface area contributed by atoms with E-state index in [0.717, 1.165) is 13.0 Å². The first kappa shape index (κ1) is 12.9. The van der Waals surface area contributed by atoms with Crippen molar-refractivity contribution in [2.45, 2.75) is 53.1 Å². The molecule has 0 aromatic heterocycles. The maximum atomic E-state index is 5.78. The molecule has 0 amide bonds. The molecule has 0 bridgehead atoms. The van der Waals surface area contributed by atoms with Gasteiger partial charge < -0.3 is 5.73 Å². The van der Waals surface area contributed by atoms with Crippen molar-refractivity contribution < 1.29 is 0 Å².